The third kappa shape index (κ3) is 3.39. The van der Waals surface area contributed by atoms with Crippen molar-refractivity contribution in [3.05, 3.63) is 0 Å². The van der Waals surface area contributed by atoms with Crippen LogP contribution in [-0.4, -0.2) is 13.2 Å². The summed E-state index contributed by atoms with van der Waals surface area (Å²) in [6, 6.07) is 0. The Hall–Kier alpha value is -0.610. The Labute approximate surface area is 35.2 Å². The van der Waals surface area contributed by atoms with Crippen molar-refractivity contribution in [2.75, 3.05) is 6.73 Å². The Kier molecular flexibility index (Phi) is 3.94. The molecule has 35 valence electrons. The van der Waals surface area contributed by atoms with Crippen LogP contribution in [0.15, 0.2) is 0 Å². The van der Waals surface area contributed by atoms with E-state index in [-0.39, 0.29) is 6.73 Å². The van der Waals surface area contributed by atoms with Gasteiger partial charge in [-0.05, 0) is 0 Å². The Balaban J connectivity index is 2.49. The fourth-order valence-corrected chi connectivity index (χ4v) is 0.0711. The van der Waals surface area contributed by atoms with Gasteiger partial charge in [-0.2, -0.15) is 0 Å². The molecular formula is C2H5N2O2. The van der Waals surface area contributed by atoms with E-state index >= 15 is 0 Å². The maximum atomic E-state index is 9.12. The number of ether oxygens (including phenoxy) is 1. The summed E-state index contributed by atoms with van der Waals surface area (Å²) in [5, 5.41) is 0. The van der Waals surface area contributed by atoms with Crippen LogP contribution >= 0.6 is 0 Å². The zero-order chi connectivity index (χ0) is 4.83. The molecule has 0 atom stereocenters. The van der Waals surface area contributed by atoms with Gasteiger partial charge in [-0.15, -0.1) is 0 Å². The molecule has 4 heteroatoms. The van der Waals surface area contributed by atoms with Crippen molar-refractivity contribution in [1.82, 2.24) is 5.43 Å². The highest BCUT2D eigenvalue weighted by atomic mass is 16.5. The van der Waals surface area contributed by atoms with Crippen molar-refractivity contribution in [2.24, 2.45) is 5.84 Å². The van der Waals surface area contributed by atoms with Gasteiger partial charge in [-0.3, -0.25) is 5.84 Å². The average Bonchev–Trinajstić information content (AvgIpc) is 1.61. The van der Waals surface area contributed by atoms with Gasteiger partial charge in [0.2, 0.25) is 0 Å². The molecular weight excluding hydrogens is 84.0 g/mol. The molecule has 0 aromatic rings. The molecule has 6 heavy (non-hydrogen) atoms. The van der Waals surface area contributed by atoms with E-state index in [1.54, 1.807) is 0 Å². The molecule has 1 radical (unpaired) electrons. The lowest BCUT2D eigenvalue weighted by Crippen LogP contribution is -2.24. The van der Waals surface area contributed by atoms with Crippen LogP contribution < -0.4 is 11.3 Å². The summed E-state index contributed by atoms with van der Waals surface area (Å²) in [5.74, 6) is 4.66. The minimum atomic E-state index is 0.0174. The van der Waals surface area contributed by atoms with E-state index in [1.165, 1.54) is 6.47 Å². The number of carbonyl (C=O) groups excluding carboxylic acids is 1. The second-order valence-corrected chi connectivity index (χ2v) is 0.576. The van der Waals surface area contributed by atoms with E-state index in [0.29, 0.717) is 0 Å². The van der Waals surface area contributed by atoms with Crippen LogP contribution in [0, 0.1) is 0 Å². The second kappa shape index (κ2) is 4.39. The number of nitrogens with two attached hydrogens (primary N) is 1. The van der Waals surface area contributed by atoms with Crippen molar-refractivity contribution in [2.45, 2.75) is 0 Å². The van der Waals surface area contributed by atoms with Crippen molar-refractivity contribution in [1.29, 1.82) is 0 Å². The molecule has 0 rings (SSSR count). The molecule has 0 spiro atoms. The smallest absolute Gasteiger partial charge is 0.418 e. The lowest BCUT2D eigenvalue weighted by atomic mass is 11.3. The molecule has 3 N–H and O–H groups in total. The van der Waals surface area contributed by atoms with Crippen molar-refractivity contribution in [3.63, 3.8) is 0 Å². The summed E-state index contributed by atoms with van der Waals surface area (Å²) < 4.78 is 3.94. The zero-order valence-electron chi connectivity index (χ0n) is 3.10. The topological polar surface area (TPSA) is 64.3 Å². The molecule has 0 amide bonds. The first kappa shape index (κ1) is 5.39. The number of rotatable bonds is 3. The van der Waals surface area contributed by atoms with Gasteiger partial charge in [0.1, 0.15) is 0 Å². The summed E-state index contributed by atoms with van der Waals surface area (Å²) in [7, 11) is 0. The summed E-state index contributed by atoms with van der Waals surface area (Å²) >= 11 is 0. The summed E-state index contributed by atoms with van der Waals surface area (Å²) in [4.78, 5) is 9.12. The highest BCUT2D eigenvalue weighted by molar-refractivity contribution is 5.37. The lowest BCUT2D eigenvalue weighted by Gasteiger charge is -1.88. The largest absolute Gasteiger partial charge is 0.440 e. The molecule has 0 aliphatic carbocycles. The van der Waals surface area contributed by atoms with E-state index in [9.17, 15) is 0 Å². The monoisotopic (exact) mass is 89.0 g/mol. The molecule has 0 aromatic heterocycles. The number of hydrogen-bond acceptors (Lipinski definition) is 4. The van der Waals surface area contributed by atoms with E-state index < -0.39 is 0 Å². The average molecular weight is 89.1 g/mol. The fourth-order valence-electron chi connectivity index (χ4n) is 0.0711. The van der Waals surface area contributed by atoms with Crippen molar-refractivity contribution < 1.29 is 9.53 Å². The lowest BCUT2D eigenvalue weighted by molar-refractivity contribution is 0.253. The zero-order valence-corrected chi connectivity index (χ0v) is 3.10. The number of hydrogen-bond donors (Lipinski definition) is 2. The molecule has 0 fully saturated rings. The molecule has 0 unspecified atom stereocenters. The fraction of sp³-hybridized carbons (Fsp3) is 0.500. The van der Waals surface area contributed by atoms with Crippen LogP contribution in [0.5, 0.6) is 0 Å². The van der Waals surface area contributed by atoms with E-state index in [1.807, 2.05) is 0 Å². The number of hydrazine groups is 1. The summed E-state index contributed by atoms with van der Waals surface area (Å²) in [6.07, 6.45) is 0. The van der Waals surface area contributed by atoms with Gasteiger partial charge in [0.25, 0.3) is 0 Å². The molecule has 0 saturated carbocycles. The molecule has 0 aliphatic rings. The Morgan fingerprint density at radius 2 is 2.67 bits per heavy atom. The SMILES string of the molecule is NNCO[C]=O. The molecule has 0 aromatic carbocycles. The van der Waals surface area contributed by atoms with Crippen LogP contribution in [0.4, 0.5) is 0 Å². The minimum Gasteiger partial charge on any atom is -0.440 e. The first-order valence-electron chi connectivity index (χ1n) is 1.34. The van der Waals surface area contributed by atoms with Gasteiger partial charge in [0, 0.05) is 0 Å². The van der Waals surface area contributed by atoms with Crippen molar-refractivity contribution >= 4 is 6.47 Å². The van der Waals surface area contributed by atoms with Gasteiger partial charge in [0.05, 0.1) is 0 Å². The van der Waals surface area contributed by atoms with E-state index in [4.69, 9.17) is 4.79 Å². The Morgan fingerprint density at radius 3 is 2.83 bits per heavy atom. The predicted molar refractivity (Wildman–Crippen MR) is 19.0 cm³/mol. The van der Waals surface area contributed by atoms with Gasteiger partial charge in [-0.25, -0.2) is 10.2 Å². The predicted octanol–water partition coefficient (Wildman–Crippen LogP) is -1.51. The van der Waals surface area contributed by atoms with Crippen LogP contribution in [0.3, 0.4) is 0 Å². The maximum Gasteiger partial charge on any atom is 0.418 e. The second-order valence-electron chi connectivity index (χ2n) is 0.576. The van der Waals surface area contributed by atoms with Crippen molar-refractivity contribution in [3.8, 4) is 0 Å². The van der Waals surface area contributed by atoms with Gasteiger partial charge in [0.15, 0.2) is 6.73 Å². The highest BCUT2D eigenvalue weighted by Gasteiger charge is 1.71. The Bertz CT molecular complexity index is 38.5. The third-order valence-electron chi connectivity index (χ3n) is 0.214. The molecule has 0 saturated heterocycles. The van der Waals surface area contributed by atoms with Crippen LogP contribution in [0.25, 0.3) is 0 Å². The van der Waals surface area contributed by atoms with Crippen LogP contribution in [0.1, 0.15) is 0 Å². The summed E-state index contributed by atoms with van der Waals surface area (Å²) in [6.45, 7) is 1.19. The van der Waals surface area contributed by atoms with Gasteiger partial charge >= 0.3 is 6.47 Å². The minimum absolute atomic E-state index is 0.0174. The first-order valence-corrected chi connectivity index (χ1v) is 1.34. The molecule has 0 heterocycles. The third-order valence-corrected chi connectivity index (χ3v) is 0.214. The maximum absolute atomic E-state index is 9.12. The van der Waals surface area contributed by atoms with E-state index in [2.05, 4.69) is 16.0 Å². The molecule has 0 bridgehead atoms. The summed E-state index contributed by atoms with van der Waals surface area (Å²) in [5.41, 5.74) is 2.08. The molecule has 0 aliphatic heterocycles. The van der Waals surface area contributed by atoms with E-state index in [0.717, 1.165) is 0 Å². The first-order chi connectivity index (χ1) is 2.91. The van der Waals surface area contributed by atoms with Crippen LogP contribution in [-0.2, 0) is 9.53 Å². The normalized spacial score (nSPS) is 7.50. The Morgan fingerprint density at radius 1 is 2.00 bits per heavy atom. The van der Waals surface area contributed by atoms with Gasteiger partial charge < -0.3 is 4.74 Å². The highest BCUT2D eigenvalue weighted by Crippen LogP contribution is 1.49. The number of nitrogens with one attached hydrogen (secondary N) is 1. The quantitative estimate of drug-likeness (QED) is 0.191. The van der Waals surface area contributed by atoms with Crippen LogP contribution in [0.2, 0.25) is 0 Å². The standard InChI is InChI=1S/C2H5N2O2/c3-4-1-6-2-5/h4H,1,3H2. The molecule has 4 nitrogen and oxygen atoms in total. The van der Waals surface area contributed by atoms with Gasteiger partial charge in [-0.1, -0.05) is 0 Å².